The Kier molecular flexibility index (Phi) is 4.67. The van der Waals surface area contributed by atoms with Crippen molar-refractivity contribution in [2.75, 3.05) is 18.7 Å². The first kappa shape index (κ1) is 13.7. The lowest BCUT2D eigenvalue weighted by molar-refractivity contribution is 0.415. The Morgan fingerprint density at radius 1 is 1.29 bits per heavy atom. The lowest BCUT2D eigenvalue weighted by Gasteiger charge is -2.10. The molecular formula is C9H13N3O3S2. The van der Waals surface area contributed by atoms with Crippen LogP contribution in [0.25, 0.3) is 0 Å². The number of methoxy groups -OCH3 is 1. The van der Waals surface area contributed by atoms with Gasteiger partial charge in [0.2, 0.25) is 10.0 Å². The zero-order valence-corrected chi connectivity index (χ0v) is 11.0. The van der Waals surface area contributed by atoms with E-state index in [1.54, 1.807) is 31.4 Å². The summed E-state index contributed by atoms with van der Waals surface area (Å²) in [5.74, 6) is 0.726. The maximum absolute atomic E-state index is 10.8. The summed E-state index contributed by atoms with van der Waals surface area (Å²) in [6, 6.07) is 7.03. The molecule has 0 aliphatic carbocycles. The van der Waals surface area contributed by atoms with Crippen LogP contribution < -0.4 is 20.3 Å². The van der Waals surface area contributed by atoms with Gasteiger partial charge in [0.05, 0.1) is 13.4 Å². The van der Waals surface area contributed by atoms with Crippen LogP contribution >= 0.6 is 12.2 Å². The van der Waals surface area contributed by atoms with Crippen LogP contribution in [0, 0.1) is 0 Å². The van der Waals surface area contributed by atoms with Gasteiger partial charge in [-0.2, -0.15) is 0 Å². The van der Waals surface area contributed by atoms with E-state index in [0.29, 0.717) is 0 Å². The number of sulfonamides is 1. The zero-order valence-electron chi connectivity index (χ0n) is 9.35. The van der Waals surface area contributed by atoms with Crippen LogP contribution in [-0.2, 0) is 10.0 Å². The number of thiocarbonyl (C=S) groups is 1. The zero-order chi connectivity index (χ0) is 12.9. The minimum absolute atomic E-state index is 0.153. The highest BCUT2D eigenvalue weighted by Gasteiger charge is 2.02. The molecule has 8 heteroatoms. The van der Waals surface area contributed by atoms with E-state index < -0.39 is 10.0 Å². The predicted molar refractivity (Wildman–Crippen MR) is 70.3 cm³/mol. The molecule has 0 aromatic heterocycles. The van der Waals surface area contributed by atoms with Crippen LogP contribution in [0.1, 0.15) is 0 Å². The predicted octanol–water partition coefficient (Wildman–Crippen LogP) is 0.446. The minimum Gasteiger partial charge on any atom is -0.497 e. The second kappa shape index (κ2) is 5.80. The van der Waals surface area contributed by atoms with Gasteiger partial charge in [-0.1, -0.05) is 0 Å². The summed E-state index contributed by atoms with van der Waals surface area (Å²) >= 11 is 4.88. The van der Waals surface area contributed by atoms with Crippen molar-refractivity contribution in [1.82, 2.24) is 10.3 Å². The Morgan fingerprint density at radius 2 is 1.88 bits per heavy atom. The number of hydrogen-bond donors (Lipinski definition) is 3. The molecule has 0 aliphatic heterocycles. The van der Waals surface area contributed by atoms with Crippen molar-refractivity contribution < 1.29 is 13.2 Å². The molecule has 1 rings (SSSR count). The number of anilines is 1. The highest BCUT2D eigenvalue weighted by Crippen LogP contribution is 2.14. The molecule has 0 radical (unpaired) electrons. The van der Waals surface area contributed by atoms with Crippen molar-refractivity contribution in [3.8, 4) is 5.75 Å². The first-order chi connectivity index (χ1) is 7.90. The van der Waals surface area contributed by atoms with Crippen molar-refractivity contribution in [3.05, 3.63) is 24.3 Å². The van der Waals surface area contributed by atoms with Crippen molar-refractivity contribution in [3.63, 3.8) is 0 Å². The van der Waals surface area contributed by atoms with Crippen LogP contribution in [-0.4, -0.2) is 26.9 Å². The standard InChI is InChI=1S/C9H13N3O3S2/c1-15-8-5-3-7(4-6-8)10-9(16)11-12-17(2,13)14/h3-6,12H,1-2H3,(H2,10,11,16). The van der Waals surface area contributed by atoms with Gasteiger partial charge >= 0.3 is 0 Å². The van der Waals surface area contributed by atoms with Crippen molar-refractivity contribution >= 4 is 33.0 Å². The highest BCUT2D eigenvalue weighted by atomic mass is 32.2. The van der Waals surface area contributed by atoms with Crippen molar-refractivity contribution in [2.45, 2.75) is 0 Å². The number of hydrazine groups is 1. The fourth-order valence-electron chi connectivity index (χ4n) is 0.976. The van der Waals surface area contributed by atoms with Gasteiger partial charge < -0.3 is 10.1 Å². The minimum atomic E-state index is -3.33. The molecule has 1 aromatic rings. The number of ether oxygens (including phenoxy) is 1. The van der Waals surface area contributed by atoms with Crippen LogP contribution in [0.5, 0.6) is 5.75 Å². The topological polar surface area (TPSA) is 79.5 Å². The fraction of sp³-hybridized carbons (Fsp3) is 0.222. The van der Waals surface area contributed by atoms with E-state index >= 15 is 0 Å². The third kappa shape index (κ3) is 5.48. The highest BCUT2D eigenvalue weighted by molar-refractivity contribution is 7.88. The maximum atomic E-state index is 10.8. The molecule has 17 heavy (non-hydrogen) atoms. The third-order valence-corrected chi connectivity index (χ3v) is 2.37. The second-order valence-corrected chi connectivity index (χ2v) is 5.34. The summed E-state index contributed by atoms with van der Waals surface area (Å²) in [5.41, 5.74) is 3.07. The third-order valence-electron chi connectivity index (χ3n) is 1.70. The van der Waals surface area contributed by atoms with E-state index in [1.165, 1.54) is 0 Å². The molecule has 1 aromatic carbocycles. The molecular weight excluding hydrogens is 262 g/mol. The van der Waals surface area contributed by atoms with Gasteiger partial charge in [-0.25, -0.2) is 8.42 Å². The van der Waals surface area contributed by atoms with Gasteiger partial charge in [0.15, 0.2) is 5.11 Å². The Bertz CT molecular complexity index is 485. The quantitative estimate of drug-likeness (QED) is 0.547. The summed E-state index contributed by atoms with van der Waals surface area (Å²) in [4.78, 5) is 2.06. The Morgan fingerprint density at radius 3 is 2.35 bits per heavy atom. The Hall–Kier alpha value is -1.38. The van der Waals surface area contributed by atoms with E-state index in [1.807, 2.05) is 0 Å². The normalized spacial score (nSPS) is 10.7. The molecule has 0 heterocycles. The molecule has 0 unspecified atom stereocenters. The first-order valence-corrected chi connectivity index (χ1v) is 6.88. The lowest BCUT2D eigenvalue weighted by Crippen LogP contribution is -2.43. The van der Waals surface area contributed by atoms with Gasteiger partial charge in [-0.3, -0.25) is 5.43 Å². The van der Waals surface area contributed by atoms with Crippen LogP contribution in [0.2, 0.25) is 0 Å². The van der Waals surface area contributed by atoms with E-state index in [9.17, 15) is 8.42 Å². The van der Waals surface area contributed by atoms with E-state index in [2.05, 4.69) is 15.6 Å². The van der Waals surface area contributed by atoms with Gasteiger partial charge in [0, 0.05) is 5.69 Å². The average Bonchev–Trinajstić information content (AvgIpc) is 2.27. The fourth-order valence-corrected chi connectivity index (χ4v) is 1.50. The molecule has 0 spiro atoms. The molecule has 3 N–H and O–H groups in total. The molecule has 0 saturated carbocycles. The molecule has 0 amide bonds. The van der Waals surface area contributed by atoms with Gasteiger partial charge in [0.1, 0.15) is 5.75 Å². The Balaban J connectivity index is 2.50. The number of rotatable bonds is 4. The smallest absolute Gasteiger partial charge is 0.225 e. The average molecular weight is 275 g/mol. The molecule has 0 fully saturated rings. The molecule has 94 valence electrons. The van der Waals surface area contributed by atoms with Crippen LogP contribution in [0.3, 0.4) is 0 Å². The van der Waals surface area contributed by atoms with Crippen molar-refractivity contribution in [2.24, 2.45) is 0 Å². The van der Waals surface area contributed by atoms with E-state index in [-0.39, 0.29) is 5.11 Å². The maximum Gasteiger partial charge on any atom is 0.225 e. The molecule has 0 bridgehead atoms. The molecule has 0 atom stereocenters. The van der Waals surface area contributed by atoms with Crippen LogP contribution in [0.15, 0.2) is 24.3 Å². The number of hydrogen-bond acceptors (Lipinski definition) is 4. The van der Waals surface area contributed by atoms with Gasteiger partial charge in [-0.15, -0.1) is 4.83 Å². The van der Waals surface area contributed by atoms with E-state index in [0.717, 1.165) is 17.7 Å². The molecule has 0 saturated heterocycles. The van der Waals surface area contributed by atoms with Gasteiger partial charge in [-0.05, 0) is 36.5 Å². The molecule has 6 nitrogen and oxygen atoms in total. The van der Waals surface area contributed by atoms with Gasteiger partial charge in [0.25, 0.3) is 0 Å². The summed E-state index contributed by atoms with van der Waals surface area (Å²) in [6.07, 6.45) is 1.02. The van der Waals surface area contributed by atoms with Crippen molar-refractivity contribution in [1.29, 1.82) is 0 Å². The van der Waals surface area contributed by atoms with Crippen LogP contribution in [0.4, 0.5) is 5.69 Å². The van der Waals surface area contributed by atoms with E-state index in [4.69, 9.17) is 17.0 Å². The molecule has 0 aliphatic rings. The number of nitrogens with one attached hydrogen (secondary N) is 3. The second-order valence-electron chi connectivity index (χ2n) is 3.18. The summed E-state index contributed by atoms with van der Waals surface area (Å²) in [5, 5.41) is 2.96. The number of benzene rings is 1. The largest absolute Gasteiger partial charge is 0.497 e. The summed E-state index contributed by atoms with van der Waals surface area (Å²) < 4.78 is 26.6. The summed E-state index contributed by atoms with van der Waals surface area (Å²) in [7, 11) is -1.76. The monoisotopic (exact) mass is 275 g/mol. The first-order valence-electron chi connectivity index (χ1n) is 4.58. The Labute approximate surface area is 105 Å². The SMILES string of the molecule is COc1ccc(NC(=S)NNS(C)(=O)=O)cc1. The lowest BCUT2D eigenvalue weighted by atomic mass is 10.3. The summed E-state index contributed by atoms with van der Waals surface area (Å²) in [6.45, 7) is 0.